The molecule has 104 valence electrons. The van der Waals surface area contributed by atoms with E-state index in [1.165, 1.54) is 6.42 Å². The molecule has 2 atom stereocenters. The molecule has 1 aromatic rings. The molecule has 1 aliphatic rings. The number of halogens is 2. The van der Waals surface area contributed by atoms with Crippen LogP contribution in [-0.4, -0.2) is 29.8 Å². The number of nitrogens with zero attached hydrogens (tertiary/aromatic N) is 1. The third-order valence-electron chi connectivity index (χ3n) is 3.77. The third-order valence-corrected chi connectivity index (χ3v) is 4.58. The fraction of sp³-hybridized carbons (Fsp3) is 0.533. The Balaban J connectivity index is 1.94. The van der Waals surface area contributed by atoms with Gasteiger partial charge in [-0.15, -0.1) is 0 Å². The summed E-state index contributed by atoms with van der Waals surface area (Å²) in [6.45, 7) is 6.43. The van der Waals surface area contributed by atoms with Gasteiger partial charge >= 0.3 is 0 Å². The molecule has 19 heavy (non-hydrogen) atoms. The van der Waals surface area contributed by atoms with E-state index in [9.17, 15) is 4.79 Å². The molecule has 0 aromatic heterocycles. The van der Waals surface area contributed by atoms with Crippen molar-refractivity contribution in [3.63, 3.8) is 0 Å². The number of ketones is 1. The average molecular weight is 345 g/mol. The highest BCUT2D eigenvalue weighted by atomic mass is 79.9. The Morgan fingerprint density at radius 3 is 2.79 bits per heavy atom. The third kappa shape index (κ3) is 3.80. The minimum atomic E-state index is 0.129. The number of benzene rings is 1. The van der Waals surface area contributed by atoms with Crippen LogP contribution in [0.1, 0.15) is 37.0 Å². The smallest absolute Gasteiger partial charge is 0.165 e. The number of rotatable bonds is 4. The lowest BCUT2D eigenvalue weighted by atomic mass is 10.1. The van der Waals surface area contributed by atoms with E-state index in [2.05, 4.69) is 34.7 Å². The fourth-order valence-corrected chi connectivity index (χ4v) is 3.57. The van der Waals surface area contributed by atoms with Crippen molar-refractivity contribution in [2.24, 2.45) is 5.92 Å². The van der Waals surface area contributed by atoms with Crippen molar-refractivity contribution in [3.05, 3.63) is 33.3 Å². The van der Waals surface area contributed by atoms with Crippen molar-refractivity contribution >= 4 is 33.3 Å². The second kappa shape index (κ2) is 6.38. The van der Waals surface area contributed by atoms with Gasteiger partial charge in [0.05, 0.1) is 5.02 Å². The summed E-state index contributed by atoms with van der Waals surface area (Å²) in [5.41, 5.74) is 0.629. The maximum absolute atomic E-state index is 12.2. The van der Waals surface area contributed by atoms with Crippen molar-refractivity contribution in [3.8, 4) is 0 Å². The van der Waals surface area contributed by atoms with Crippen molar-refractivity contribution in [1.82, 2.24) is 4.90 Å². The van der Waals surface area contributed by atoms with Crippen LogP contribution in [0.25, 0.3) is 0 Å². The summed E-state index contributed by atoms with van der Waals surface area (Å²) in [5.74, 6) is 0.866. The topological polar surface area (TPSA) is 20.3 Å². The molecule has 1 fully saturated rings. The molecule has 2 unspecified atom stereocenters. The van der Waals surface area contributed by atoms with Gasteiger partial charge in [0.1, 0.15) is 0 Å². The second-order valence-corrected chi connectivity index (χ2v) is 6.81. The SMILES string of the molecule is CC1CC(C)N(CCC(=O)c2ccc(Br)cc2Cl)C1. The molecule has 0 N–H and O–H groups in total. The van der Waals surface area contributed by atoms with E-state index in [1.807, 2.05) is 6.07 Å². The van der Waals surface area contributed by atoms with Gasteiger partial charge in [0.2, 0.25) is 0 Å². The molecule has 0 radical (unpaired) electrons. The summed E-state index contributed by atoms with van der Waals surface area (Å²) in [6, 6.07) is 6.02. The standard InChI is InChI=1S/C15H19BrClNO/c1-10-7-11(2)18(9-10)6-5-15(19)13-4-3-12(16)8-14(13)17/h3-4,8,10-11H,5-7,9H2,1-2H3. The van der Waals surface area contributed by atoms with Crippen LogP contribution in [0.4, 0.5) is 0 Å². The number of carbonyl (C=O) groups is 1. The Bertz CT molecular complexity index is 477. The van der Waals surface area contributed by atoms with Gasteiger partial charge in [-0.05, 0) is 37.5 Å². The van der Waals surface area contributed by atoms with Gasteiger partial charge in [-0.25, -0.2) is 0 Å². The number of Topliss-reactive ketones (excluding diaryl/α,β-unsaturated/α-hetero) is 1. The molecule has 0 bridgehead atoms. The van der Waals surface area contributed by atoms with E-state index in [0.717, 1.165) is 23.5 Å². The molecule has 0 aliphatic carbocycles. The number of hydrogen-bond acceptors (Lipinski definition) is 2. The van der Waals surface area contributed by atoms with E-state index in [1.54, 1.807) is 12.1 Å². The van der Waals surface area contributed by atoms with Crippen molar-refractivity contribution < 1.29 is 4.79 Å². The summed E-state index contributed by atoms with van der Waals surface area (Å²) >= 11 is 9.46. The first-order valence-corrected chi connectivity index (χ1v) is 7.86. The molecule has 1 aromatic carbocycles. The molecular weight excluding hydrogens is 326 g/mol. The van der Waals surface area contributed by atoms with E-state index >= 15 is 0 Å². The lowest BCUT2D eigenvalue weighted by molar-refractivity contribution is 0.0962. The molecule has 2 rings (SSSR count). The molecule has 0 spiro atoms. The molecule has 4 heteroatoms. The zero-order valence-corrected chi connectivity index (χ0v) is 13.7. The van der Waals surface area contributed by atoms with E-state index in [-0.39, 0.29) is 5.78 Å². The maximum atomic E-state index is 12.2. The summed E-state index contributed by atoms with van der Waals surface area (Å²) < 4.78 is 0.899. The minimum Gasteiger partial charge on any atom is -0.300 e. The molecule has 1 heterocycles. The van der Waals surface area contributed by atoms with Gasteiger partial charge in [-0.1, -0.05) is 34.5 Å². The van der Waals surface area contributed by atoms with Crippen molar-refractivity contribution in [2.75, 3.05) is 13.1 Å². The van der Waals surface area contributed by atoms with E-state index in [4.69, 9.17) is 11.6 Å². The van der Waals surface area contributed by atoms with Crippen LogP contribution in [0.15, 0.2) is 22.7 Å². The average Bonchev–Trinajstić information content (AvgIpc) is 2.65. The first kappa shape index (κ1) is 15.0. The summed E-state index contributed by atoms with van der Waals surface area (Å²) in [5, 5.41) is 0.530. The Kier molecular flexibility index (Phi) is 5.04. The van der Waals surface area contributed by atoms with Crippen LogP contribution in [0.2, 0.25) is 5.02 Å². The van der Waals surface area contributed by atoms with E-state index < -0.39 is 0 Å². The van der Waals surface area contributed by atoms with Gasteiger partial charge in [0.25, 0.3) is 0 Å². The second-order valence-electron chi connectivity index (χ2n) is 5.48. The van der Waals surface area contributed by atoms with Gasteiger partial charge in [-0.3, -0.25) is 9.69 Å². The summed E-state index contributed by atoms with van der Waals surface area (Å²) in [7, 11) is 0. The fourth-order valence-electron chi connectivity index (χ4n) is 2.79. The van der Waals surface area contributed by atoms with Gasteiger partial charge < -0.3 is 0 Å². The Morgan fingerprint density at radius 1 is 1.47 bits per heavy atom. The largest absolute Gasteiger partial charge is 0.300 e. The van der Waals surface area contributed by atoms with Crippen LogP contribution in [-0.2, 0) is 0 Å². The Labute approximate surface area is 128 Å². The number of hydrogen-bond donors (Lipinski definition) is 0. The highest BCUT2D eigenvalue weighted by Gasteiger charge is 2.26. The zero-order valence-electron chi connectivity index (χ0n) is 11.3. The summed E-state index contributed by atoms with van der Waals surface area (Å²) in [4.78, 5) is 14.6. The first-order valence-electron chi connectivity index (χ1n) is 6.69. The summed E-state index contributed by atoms with van der Waals surface area (Å²) in [6.07, 6.45) is 1.77. The van der Waals surface area contributed by atoms with Crippen LogP contribution < -0.4 is 0 Å². The monoisotopic (exact) mass is 343 g/mol. The molecule has 2 nitrogen and oxygen atoms in total. The Hall–Kier alpha value is -0.380. The maximum Gasteiger partial charge on any atom is 0.165 e. The first-order chi connectivity index (χ1) is 8.97. The lowest BCUT2D eigenvalue weighted by Crippen LogP contribution is -2.29. The lowest BCUT2D eigenvalue weighted by Gasteiger charge is -2.20. The predicted molar refractivity (Wildman–Crippen MR) is 82.9 cm³/mol. The number of carbonyl (C=O) groups excluding carboxylic acids is 1. The Morgan fingerprint density at radius 2 is 2.21 bits per heavy atom. The normalized spacial score (nSPS) is 23.8. The molecule has 1 saturated heterocycles. The van der Waals surface area contributed by atoms with Crippen molar-refractivity contribution in [2.45, 2.75) is 32.7 Å². The molecule has 1 aliphatic heterocycles. The van der Waals surface area contributed by atoms with Crippen LogP contribution >= 0.6 is 27.5 Å². The van der Waals surface area contributed by atoms with Crippen LogP contribution in [0, 0.1) is 5.92 Å². The quantitative estimate of drug-likeness (QED) is 0.754. The zero-order chi connectivity index (χ0) is 14.0. The van der Waals surface area contributed by atoms with Crippen LogP contribution in [0.5, 0.6) is 0 Å². The van der Waals surface area contributed by atoms with Crippen molar-refractivity contribution in [1.29, 1.82) is 0 Å². The van der Waals surface area contributed by atoms with Gasteiger partial charge in [-0.2, -0.15) is 0 Å². The highest BCUT2D eigenvalue weighted by molar-refractivity contribution is 9.10. The highest BCUT2D eigenvalue weighted by Crippen LogP contribution is 2.25. The van der Waals surface area contributed by atoms with Crippen LogP contribution in [0.3, 0.4) is 0 Å². The molecule has 0 amide bonds. The van der Waals surface area contributed by atoms with Gasteiger partial charge in [0, 0.05) is 35.6 Å². The minimum absolute atomic E-state index is 0.129. The van der Waals surface area contributed by atoms with Gasteiger partial charge in [0.15, 0.2) is 5.78 Å². The van der Waals surface area contributed by atoms with E-state index in [0.29, 0.717) is 23.0 Å². The number of likely N-dealkylation sites (tertiary alicyclic amines) is 1. The molecule has 0 saturated carbocycles. The molecular formula is C15H19BrClNO. The predicted octanol–water partition coefficient (Wildman–Crippen LogP) is 4.41.